The molecule has 0 fully saturated rings. The lowest BCUT2D eigenvalue weighted by Gasteiger charge is -2.05. The number of rotatable bonds is 4. The highest BCUT2D eigenvalue weighted by molar-refractivity contribution is 5.82. The maximum absolute atomic E-state index is 6.95. The van der Waals surface area contributed by atoms with Crippen molar-refractivity contribution in [3.8, 4) is 11.5 Å². The van der Waals surface area contributed by atoms with Gasteiger partial charge in [0, 0.05) is 0 Å². The predicted octanol–water partition coefficient (Wildman–Crippen LogP) is 2.30. The van der Waals surface area contributed by atoms with Crippen LogP contribution in [-0.4, -0.2) is 12.2 Å². The number of hydrazone groups is 1. The standard InChI is InChI=1S/C14H14N4O/c15-14(16)18-17-10-11-6-8-13(9-7-11)19-12-4-2-1-3-5-12/h1-10H,(H4,15,16,18). The number of hydrogen-bond donors (Lipinski definition) is 3. The zero-order chi connectivity index (χ0) is 13.5. The number of para-hydroxylation sites is 1. The Labute approximate surface area is 111 Å². The molecule has 19 heavy (non-hydrogen) atoms. The Morgan fingerprint density at radius 3 is 2.32 bits per heavy atom. The third-order valence-corrected chi connectivity index (χ3v) is 2.26. The van der Waals surface area contributed by atoms with Gasteiger partial charge in [-0.25, -0.2) is 5.43 Å². The number of nitrogens with zero attached hydrogens (tertiary/aromatic N) is 1. The van der Waals surface area contributed by atoms with E-state index in [1.165, 1.54) is 0 Å². The van der Waals surface area contributed by atoms with Crippen molar-refractivity contribution in [1.82, 2.24) is 5.43 Å². The highest BCUT2D eigenvalue weighted by Gasteiger charge is 1.96. The van der Waals surface area contributed by atoms with Crippen molar-refractivity contribution < 1.29 is 4.74 Å². The molecule has 2 aromatic carbocycles. The SMILES string of the molecule is N=C(N)NN=Cc1ccc(Oc2ccccc2)cc1. The summed E-state index contributed by atoms with van der Waals surface area (Å²) in [7, 11) is 0. The van der Waals surface area contributed by atoms with Crippen LogP contribution < -0.4 is 15.9 Å². The average molecular weight is 254 g/mol. The lowest BCUT2D eigenvalue weighted by molar-refractivity contribution is 0.482. The molecule has 5 heteroatoms. The molecule has 2 aromatic rings. The first-order valence-electron chi connectivity index (χ1n) is 5.70. The number of benzene rings is 2. The number of hydrogen-bond acceptors (Lipinski definition) is 3. The van der Waals surface area contributed by atoms with Gasteiger partial charge in [-0.2, -0.15) is 5.10 Å². The average Bonchev–Trinajstić information content (AvgIpc) is 2.42. The Morgan fingerprint density at radius 1 is 1.05 bits per heavy atom. The molecule has 0 atom stereocenters. The van der Waals surface area contributed by atoms with Gasteiger partial charge >= 0.3 is 0 Å². The molecule has 0 heterocycles. The van der Waals surface area contributed by atoms with Gasteiger partial charge in [-0.15, -0.1) is 0 Å². The molecule has 96 valence electrons. The van der Waals surface area contributed by atoms with Crippen molar-refractivity contribution in [2.75, 3.05) is 0 Å². The van der Waals surface area contributed by atoms with E-state index >= 15 is 0 Å². The summed E-state index contributed by atoms with van der Waals surface area (Å²) in [4.78, 5) is 0. The summed E-state index contributed by atoms with van der Waals surface area (Å²) in [5.74, 6) is 1.35. The molecule has 0 aliphatic rings. The van der Waals surface area contributed by atoms with E-state index in [0.717, 1.165) is 17.1 Å². The highest BCUT2D eigenvalue weighted by Crippen LogP contribution is 2.20. The molecular weight excluding hydrogens is 240 g/mol. The molecule has 0 amide bonds. The number of ether oxygens (including phenoxy) is 1. The Hall–Kier alpha value is -2.82. The van der Waals surface area contributed by atoms with E-state index < -0.39 is 0 Å². The summed E-state index contributed by atoms with van der Waals surface area (Å²) in [5.41, 5.74) is 8.34. The lowest BCUT2D eigenvalue weighted by Crippen LogP contribution is -2.25. The minimum absolute atomic E-state index is 0.194. The van der Waals surface area contributed by atoms with Crippen LogP contribution in [0, 0.1) is 5.41 Å². The van der Waals surface area contributed by atoms with Gasteiger partial charge in [-0.3, -0.25) is 5.41 Å². The zero-order valence-electron chi connectivity index (χ0n) is 10.2. The van der Waals surface area contributed by atoms with Crippen LogP contribution in [0.5, 0.6) is 11.5 Å². The second-order valence-corrected chi connectivity index (χ2v) is 3.77. The summed E-state index contributed by atoms with van der Waals surface area (Å²) in [6, 6.07) is 17.0. The first-order valence-corrected chi connectivity index (χ1v) is 5.70. The fraction of sp³-hybridized carbons (Fsp3) is 0. The summed E-state index contributed by atoms with van der Waals surface area (Å²) < 4.78 is 5.66. The Bertz CT molecular complexity index is 564. The third kappa shape index (κ3) is 4.16. The van der Waals surface area contributed by atoms with E-state index in [0.29, 0.717) is 0 Å². The highest BCUT2D eigenvalue weighted by atomic mass is 16.5. The predicted molar refractivity (Wildman–Crippen MR) is 75.6 cm³/mol. The van der Waals surface area contributed by atoms with Crippen molar-refractivity contribution in [3.63, 3.8) is 0 Å². The zero-order valence-corrected chi connectivity index (χ0v) is 10.2. The molecule has 0 saturated heterocycles. The van der Waals surface area contributed by atoms with Crippen LogP contribution in [0.3, 0.4) is 0 Å². The summed E-state index contributed by atoms with van der Waals surface area (Å²) >= 11 is 0. The lowest BCUT2D eigenvalue weighted by atomic mass is 10.2. The van der Waals surface area contributed by atoms with E-state index in [1.54, 1.807) is 6.21 Å². The topological polar surface area (TPSA) is 83.5 Å². The number of guanidine groups is 1. The van der Waals surface area contributed by atoms with Gasteiger partial charge < -0.3 is 10.5 Å². The quantitative estimate of drug-likeness (QED) is 0.444. The molecule has 0 saturated carbocycles. The molecular formula is C14H14N4O. The molecule has 0 bridgehead atoms. The van der Waals surface area contributed by atoms with Crippen LogP contribution in [-0.2, 0) is 0 Å². The second-order valence-electron chi connectivity index (χ2n) is 3.77. The molecule has 0 aliphatic heterocycles. The van der Waals surface area contributed by atoms with Crippen molar-refractivity contribution in [3.05, 3.63) is 60.2 Å². The van der Waals surface area contributed by atoms with Crippen molar-refractivity contribution >= 4 is 12.2 Å². The summed E-state index contributed by atoms with van der Waals surface area (Å²) in [6.07, 6.45) is 1.58. The molecule has 0 unspecified atom stereocenters. The van der Waals surface area contributed by atoms with E-state index in [4.69, 9.17) is 15.9 Å². The van der Waals surface area contributed by atoms with Gasteiger partial charge in [0.25, 0.3) is 0 Å². The van der Waals surface area contributed by atoms with Gasteiger partial charge in [0.15, 0.2) is 0 Å². The van der Waals surface area contributed by atoms with Gasteiger partial charge in [0.1, 0.15) is 11.5 Å². The maximum atomic E-state index is 6.95. The molecule has 0 aromatic heterocycles. The normalized spacial score (nSPS) is 10.3. The fourth-order valence-corrected chi connectivity index (χ4v) is 1.42. The van der Waals surface area contributed by atoms with Crippen molar-refractivity contribution in [1.29, 1.82) is 5.41 Å². The molecule has 0 aliphatic carbocycles. The number of nitrogens with one attached hydrogen (secondary N) is 2. The smallest absolute Gasteiger partial charge is 0.206 e. The molecule has 0 radical (unpaired) electrons. The third-order valence-electron chi connectivity index (χ3n) is 2.26. The van der Waals surface area contributed by atoms with Crippen LogP contribution in [0.1, 0.15) is 5.56 Å². The van der Waals surface area contributed by atoms with Crippen LogP contribution >= 0.6 is 0 Å². The monoisotopic (exact) mass is 254 g/mol. The van der Waals surface area contributed by atoms with Gasteiger partial charge in [0.2, 0.25) is 5.96 Å². The molecule has 4 N–H and O–H groups in total. The Morgan fingerprint density at radius 2 is 1.68 bits per heavy atom. The minimum Gasteiger partial charge on any atom is -0.457 e. The van der Waals surface area contributed by atoms with E-state index in [9.17, 15) is 0 Å². The van der Waals surface area contributed by atoms with Crippen molar-refractivity contribution in [2.45, 2.75) is 0 Å². The maximum Gasteiger partial charge on any atom is 0.206 e. The Balaban J connectivity index is 1.98. The van der Waals surface area contributed by atoms with E-state index in [1.807, 2.05) is 54.6 Å². The molecule has 5 nitrogen and oxygen atoms in total. The first kappa shape index (κ1) is 12.6. The first-order chi connectivity index (χ1) is 9.24. The fourth-order valence-electron chi connectivity index (χ4n) is 1.42. The van der Waals surface area contributed by atoms with Crippen LogP contribution in [0.25, 0.3) is 0 Å². The van der Waals surface area contributed by atoms with E-state index in [2.05, 4.69) is 10.5 Å². The van der Waals surface area contributed by atoms with Crippen LogP contribution in [0.2, 0.25) is 0 Å². The summed E-state index contributed by atoms with van der Waals surface area (Å²) in [6.45, 7) is 0. The van der Waals surface area contributed by atoms with Crippen LogP contribution in [0.15, 0.2) is 59.7 Å². The Kier molecular flexibility index (Phi) is 4.12. The minimum atomic E-state index is -0.194. The van der Waals surface area contributed by atoms with Gasteiger partial charge in [0.05, 0.1) is 6.21 Å². The van der Waals surface area contributed by atoms with E-state index in [-0.39, 0.29) is 5.96 Å². The summed E-state index contributed by atoms with van der Waals surface area (Å²) in [5, 5.41) is 10.7. The number of nitrogens with two attached hydrogens (primary N) is 1. The van der Waals surface area contributed by atoms with Gasteiger partial charge in [-0.1, -0.05) is 18.2 Å². The van der Waals surface area contributed by atoms with Gasteiger partial charge in [-0.05, 0) is 42.0 Å². The van der Waals surface area contributed by atoms with Crippen LogP contribution in [0.4, 0.5) is 0 Å². The molecule has 0 spiro atoms. The second kappa shape index (κ2) is 6.20. The van der Waals surface area contributed by atoms with Crippen molar-refractivity contribution in [2.24, 2.45) is 10.8 Å². The largest absolute Gasteiger partial charge is 0.457 e. The molecule has 2 rings (SSSR count).